The monoisotopic (exact) mass is 441 g/mol. The second-order valence-electron chi connectivity index (χ2n) is 7.51. The number of carbonyl (C=O) groups is 3. The predicted molar refractivity (Wildman–Crippen MR) is 114 cm³/mol. The van der Waals surface area contributed by atoms with Crippen molar-refractivity contribution < 1.29 is 23.9 Å². The van der Waals surface area contributed by atoms with Gasteiger partial charge in [0.25, 0.3) is 11.8 Å². The van der Waals surface area contributed by atoms with Gasteiger partial charge in [0.2, 0.25) is 5.91 Å². The number of hydrogen-bond acceptors (Lipinski definition) is 6. The van der Waals surface area contributed by atoms with E-state index in [1.165, 1.54) is 42.4 Å². The normalized spacial score (nSPS) is 17.1. The number of rotatable bonds is 6. The summed E-state index contributed by atoms with van der Waals surface area (Å²) < 4.78 is 13.1. The van der Waals surface area contributed by atoms with Crippen molar-refractivity contribution in [2.75, 3.05) is 21.1 Å². The van der Waals surface area contributed by atoms with Gasteiger partial charge >= 0.3 is 0 Å². The number of aliphatic hydroxyl groups is 1. The standard InChI is InChI=1S/C22H24FN5O4/c1-24-21(32)22(11-16(29)28(2)3)15-5-4-10-25-17(15)19(30)18(27-22)20(31)26-12-13-6-8-14(23)9-7-13/h4-10,27,30H,11-12H2,1-3H3,(H,24,32)(H,26,31). The van der Waals surface area contributed by atoms with Crippen LogP contribution in [0.1, 0.15) is 23.2 Å². The zero-order valence-corrected chi connectivity index (χ0v) is 17.9. The molecule has 10 heteroatoms. The van der Waals surface area contributed by atoms with E-state index < -0.39 is 28.9 Å². The number of likely N-dealkylation sites (N-methyl/N-ethyl adjacent to an activating group) is 1. The highest BCUT2D eigenvalue weighted by Gasteiger charge is 2.49. The topological polar surface area (TPSA) is 124 Å². The van der Waals surface area contributed by atoms with Gasteiger partial charge in [0.05, 0.1) is 6.42 Å². The third kappa shape index (κ3) is 4.25. The minimum absolute atomic E-state index is 0.0216. The number of benzene rings is 1. The van der Waals surface area contributed by atoms with Gasteiger partial charge in [-0.15, -0.1) is 0 Å². The Morgan fingerprint density at radius 3 is 2.50 bits per heavy atom. The summed E-state index contributed by atoms with van der Waals surface area (Å²) in [5, 5.41) is 18.7. The van der Waals surface area contributed by atoms with Crippen LogP contribution in [0.25, 0.3) is 5.76 Å². The van der Waals surface area contributed by atoms with Gasteiger partial charge in [0.15, 0.2) is 11.3 Å². The lowest BCUT2D eigenvalue weighted by Crippen LogP contribution is -2.59. The molecule has 0 saturated heterocycles. The van der Waals surface area contributed by atoms with Crippen molar-refractivity contribution in [3.63, 3.8) is 0 Å². The quantitative estimate of drug-likeness (QED) is 0.526. The zero-order valence-electron chi connectivity index (χ0n) is 17.9. The van der Waals surface area contributed by atoms with Crippen molar-refractivity contribution in [3.05, 3.63) is 70.9 Å². The maximum absolute atomic E-state index is 13.1. The molecule has 3 amide bonds. The van der Waals surface area contributed by atoms with Crippen molar-refractivity contribution in [1.82, 2.24) is 25.8 Å². The molecule has 0 spiro atoms. The number of aliphatic hydroxyl groups excluding tert-OH is 1. The molecule has 3 rings (SSSR count). The molecule has 0 bridgehead atoms. The van der Waals surface area contributed by atoms with Crippen molar-refractivity contribution in [2.24, 2.45) is 0 Å². The lowest BCUT2D eigenvalue weighted by Gasteiger charge is -2.38. The highest BCUT2D eigenvalue weighted by Crippen LogP contribution is 2.37. The Morgan fingerprint density at radius 2 is 1.88 bits per heavy atom. The number of halogens is 1. The number of nitrogens with zero attached hydrogens (tertiary/aromatic N) is 2. The van der Waals surface area contributed by atoms with Gasteiger partial charge < -0.3 is 26.0 Å². The molecule has 1 aliphatic rings. The van der Waals surface area contributed by atoms with E-state index in [9.17, 15) is 23.9 Å². The first-order chi connectivity index (χ1) is 15.2. The maximum Gasteiger partial charge on any atom is 0.271 e. The minimum Gasteiger partial charge on any atom is -0.504 e. The molecule has 1 aromatic heterocycles. The number of aromatic nitrogens is 1. The Labute approximate surface area is 184 Å². The van der Waals surface area contributed by atoms with Gasteiger partial charge in [-0.25, -0.2) is 4.39 Å². The van der Waals surface area contributed by atoms with E-state index in [4.69, 9.17) is 0 Å². The fraction of sp³-hybridized carbons (Fsp3) is 0.273. The van der Waals surface area contributed by atoms with E-state index in [1.807, 2.05) is 0 Å². The SMILES string of the molecule is CNC(=O)C1(CC(=O)N(C)C)NC(C(=O)NCc2ccc(F)cc2)=C(O)c2ncccc21. The predicted octanol–water partition coefficient (Wildman–Crippen LogP) is 0.787. The van der Waals surface area contributed by atoms with E-state index in [2.05, 4.69) is 20.9 Å². The van der Waals surface area contributed by atoms with Gasteiger partial charge in [0.1, 0.15) is 17.2 Å². The van der Waals surface area contributed by atoms with E-state index in [0.29, 0.717) is 5.56 Å². The first-order valence-electron chi connectivity index (χ1n) is 9.82. The lowest BCUT2D eigenvalue weighted by atomic mass is 9.80. The molecular weight excluding hydrogens is 417 g/mol. The van der Waals surface area contributed by atoms with Gasteiger partial charge in [-0.3, -0.25) is 19.4 Å². The number of amides is 3. The minimum atomic E-state index is -1.67. The molecule has 9 nitrogen and oxygen atoms in total. The summed E-state index contributed by atoms with van der Waals surface area (Å²) in [6.45, 7) is 0.0518. The van der Waals surface area contributed by atoms with Crippen molar-refractivity contribution in [1.29, 1.82) is 0 Å². The van der Waals surface area contributed by atoms with Crippen LogP contribution in [0.2, 0.25) is 0 Å². The number of hydrogen-bond donors (Lipinski definition) is 4. The van der Waals surface area contributed by atoms with Crippen LogP contribution in [0.15, 0.2) is 48.3 Å². The van der Waals surface area contributed by atoms with Gasteiger partial charge in [-0.2, -0.15) is 0 Å². The van der Waals surface area contributed by atoms with Crippen LogP contribution in [0.4, 0.5) is 4.39 Å². The Morgan fingerprint density at radius 1 is 1.19 bits per heavy atom. The fourth-order valence-electron chi connectivity index (χ4n) is 3.43. The second-order valence-corrected chi connectivity index (χ2v) is 7.51. The third-order valence-corrected chi connectivity index (χ3v) is 5.19. The first-order valence-corrected chi connectivity index (χ1v) is 9.82. The summed E-state index contributed by atoms with van der Waals surface area (Å²) in [5.41, 5.74) is -1.05. The average Bonchev–Trinajstić information content (AvgIpc) is 2.79. The molecule has 1 unspecified atom stereocenters. The molecule has 0 aliphatic carbocycles. The summed E-state index contributed by atoms with van der Waals surface area (Å²) in [5.74, 6) is -2.51. The molecular formula is C22H24FN5O4. The summed E-state index contributed by atoms with van der Waals surface area (Å²) >= 11 is 0. The van der Waals surface area contributed by atoms with Crippen molar-refractivity contribution >= 4 is 23.5 Å². The molecule has 32 heavy (non-hydrogen) atoms. The average molecular weight is 441 g/mol. The smallest absolute Gasteiger partial charge is 0.271 e. The molecule has 4 N–H and O–H groups in total. The second kappa shape index (κ2) is 9.04. The number of pyridine rings is 1. The Balaban J connectivity index is 2.01. The van der Waals surface area contributed by atoms with Gasteiger partial charge in [-0.1, -0.05) is 18.2 Å². The van der Waals surface area contributed by atoms with Crippen LogP contribution in [0.3, 0.4) is 0 Å². The molecule has 1 atom stereocenters. The number of carbonyl (C=O) groups excluding carboxylic acids is 3. The molecule has 2 aromatic rings. The largest absolute Gasteiger partial charge is 0.504 e. The van der Waals surface area contributed by atoms with Crippen LogP contribution in [0.5, 0.6) is 0 Å². The maximum atomic E-state index is 13.1. The van der Waals surface area contributed by atoms with E-state index in [0.717, 1.165) is 0 Å². The summed E-state index contributed by atoms with van der Waals surface area (Å²) in [7, 11) is 4.52. The zero-order chi connectivity index (χ0) is 23.5. The van der Waals surface area contributed by atoms with E-state index in [1.54, 1.807) is 26.2 Å². The molecule has 0 fully saturated rings. The van der Waals surface area contributed by atoms with Crippen molar-refractivity contribution in [2.45, 2.75) is 18.5 Å². The van der Waals surface area contributed by atoms with Crippen LogP contribution >= 0.6 is 0 Å². The third-order valence-electron chi connectivity index (χ3n) is 5.19. The van der Waals surface area contributed by atoms with Crippen molar-refractivity contribution in [3.8, 4) is 0 Å². The number of fused-ring (bicyclic) bond motifs is 1. The van der Waals surface area contributed by atoms with E-state index >= 15 is 0 Å². The summed E-state index contributed by atoms with van der Waals surface area (Å²) in [6.07, 6.45) is 1.09. The fourth-order valence-corrected chi connectivity index (χ4v) is 3.43. The Bertz CT molecular complexity index is 1080. The Kier molecular flexibility index (Phi) is 6.42. The summed E-state index contributed by atoms with van der Waals surface area (Å²) in [4.78, 5) is 44.1. The molecule has 0 saturated carbocycles. The molecule has 0 radical (unpaired) electrons. The summed E-state index contributed by atoms with van der Waals surface area (Å²) in [6, 6.07) is 8.70. The highest BCUT2D eigenvalue weighted by atomic mass is 19.1. The first kappa shape index (κ1) is 22.7. The van der Waals surface area contributed by atoms with E-state index in [-0.39, 0.29) is 35.8 Å². The number of nitrogens with one attached hydrogen (secondary N) is 3. The molecule has 1 aliphatic heterocycles. The van der Waals surface area contributed by atoms with Crippen LogP contribution in [-0.2, 0) is 26.5 Å². The highest BCUT2D eigenvalue weighted by molar-refractivity contribution is 6.04. The lowest BCUT2D eigenvalue weighted by molar-refractivity contribution is -0.137. The molecule has 2 heterocycles. The molecule has 1 aromatic carbocycles. The van der Waals surface area contributed by atoms with Crippen LogP contribution in [-0.4, -0.2) is 53.9 Å². The van der Waals surface area contributed by atoms with Crippen LogP contribution < -0.4 is 16.0 Å². The molecule has 168 valence electrons. The Hall–Kier alpha value is -3.95. The van der Waals surface area contributed by atoms with Crippen LogP contribution in [0, 0.1) is 5.82 Å². The van der Waals surface area contributed by atoms with Gasteiger partial charge in [0, 0.05) is 39.4 Å². The van der Waals surface area contributed by atoms with Gasteiger partial charge in [-0.05, 0) is 23.8 Å².